The van der Waals surface area contributed by atoms with Crippen LogP contribution >= 0.6 is 7.80 Å². The van der Waals surface area contributed by atoms with Gasteiger partial charge in [-0.1, -0.05) is 30.5 Å². The monoisotopic (exact) mass is 297 g/mol. The minimum Gasteiger partial charge on any atom is -0.462 e. The molecule has 0 aliphatic heterocycles. The molecule has 0 heterocycles. The maximum atomic E-state index is 12.3. The summed E-state index contributed by atoms with van der Waals surface area (Å²) in [6.45, 7) is 5.46. The van der Waals surface area contributed by atoms with Crippen molar-refractivity contribution >= 4 is 19.1 Å². The minimum absolute atomic E-state index is 0.379. The quantitative estimate of drug-likeness (QED) is 0.399. The first-order valence-corrected chi connectivity index (χ1v) is 8.43. The van der Waals surface area contributed by atoms with Gasteiger partial charge in [0.15, 0.2) is 6.16 Å². The molecule has 0 aromatic heterocycles. The molecule has 1 unspecified atom stereocenters. The number of hydrogen-bond donors (Lipinski definition) is 0. The number of esters is 1. The number of benzene rings is 1. The predicted molar refractivity (Wildman–Crippen MR) is 80.2 cm³/mol. The van der Waals surface area contributed by atoms with Crippen molar-refractivity contribution in [2.45, 2.75) is 26.7 Å². The molecule has 0 aliphatic carbocycles. The summed E-state index contributed by atoms with van der Waals surface area (Å²) in [6, 6.07) is 6.92. The molecule has 0 N–H and O–H groups in total. The van der Waals surface area contributed by atoms with E-state index in [4.69, 9.17) is 9.47 Å². The van der Waals surface area contributed by atoms with Crippen LogP contribution in [0.2, 0.25) is 0 Å². The number of carbonyl (C=O) groups excluding carboxylic acids is 1. The number of hydrogen-bond acceptors (Lipinski definition) is 4. The van der Waals surface area contributed by atoms with E-state index in [0.29, 0.717) is 36.9 Å². The Bertz CT molecular complexity index is 445. The molecule has 0 bridgehead atoms. The van der Waals surface area contributed by atoms with Crippen LogP contribution in [0.3, 0.4) is 0 Å². The van der Waals surface area contributed by atoms with Crippen molar-refractivity contribution in [3.63, 3.8) is 0 Å². The molecular formula is C15H22O4P+. The zero-order chi connectivity index (χ0) is 14.8. The highest BCUT2D eigenvalue weighted by Gasteiger charge is 2.27. The molecule has 1 aromatic rings. The third-order valence-electron chi connectivity index (χ3n) is 2.62. The molecule has 0 amide bonds. The largest absolute Gasteiger partial charge is 0.462 e. The van der Waals surface area contributed by atoms with Crippen LogP contribution in [0.1, 0.15) is 37.0 Å². The fourth-order valence-corrected chi connectivity index (χ4v) is 2.87. The summed E-state index contributed by atoms with van der Waals surface area (Å²) in [6.07, 6.45) is 2.13. The highest BCUT2D eigenvalue weighted by atomic mass is 31.1. The Morgan fingerprint density at radius 3 is 2.50 bits per heavy atom. The van der Waals surface area contributed by atoms with Crippen LogP contribution in [-0.2, 0) is 14.0 Å². The SMILES string of the molecule is CCCOCC[P+](=O)c1ccccc1C(=O)OCCC. The van der Waals surface area contributed by atoms with Crippen molar-refractivity contribution in [3.05, 3.63) is 29.8 Å². The lowest BCUT2D eigenvalue weighted by Gasteiger charge is -2.03. The van der Waals surface area contributed by atoms with E-state index in [-0.39, 0.29) is 0 Å². The molecule has 1 aromatic carbocycles. The number of rotatable bonds is 9. The second kappa shape index (κ2) is 9.62. The Kier molecular flexibility index (Phi) is 8.08. The summed E-state index contributed by atoms with van der Waals surface area (Å²) in [7, 11) is -1.64. The Balaban J connectivity index is 2.69. The van der Waals surface area contributed by atoms with E-state index in [2.05, 4.69) is 0 Å². The molecule has 0 saturated carbocycles. The molecule has 0 fully saturated rings. The second-order valence-corrected chi connectivity index (χ2v) is 6.05. The van der Waals surface area contributed by atoms with Gasteiger partial charge in [0.2, 0.25) is 5.30 Å². The minimum atomic E-state index is -1.64. The number of carbonyl (C=O) groups is 1. The first kappa shape index (κ1) is 16.8. The van der Waals surface area contributed by atoms with Gasteiger partial charge >= 0.3 is 13.8 Å². The molecule has 4 nitrogen and oxygen atoms in total. The van der Waals surface area contributed by atoms with Gasteiger partial charge in [0.05, 0.1) is 13.2 Å². The Morgan fingerprint density at radius 2 is 1.80 bits per heavy atom. The van der Waals surface area contributed by atoms with Gasteiger partial charge in [-0.3, -0.25) is 0 Å². The summed E-state index contributed by atoms with van der Waals surface area (Å²) in [5.74, 6) is -0.403. The van der Waals surface area contributed by atoms with E-state index in [9.17, 15) is 9.36 Å². The topological polar surface area (TPSA) is 52.6 Å². The zero-order valence-corrected chi connectivity index (χ0v) is 13.0. The molecule has 110 valence electrons. The van der Waals surface area contributed by atoms with E-state index < -0.39 is 13.8 Å². The van der Waals surface area contributed by atoms with E-state index in [1.165, 1.54) is 0 Å². The summed E-state index contributed by atoms with van der Waals surface area (Å²) in [5, 5.41) is 0.559. The van der Waals surface area contributed by atoms with Crippen molar-refractivity contribution in [3.8, 4) is 0 Å². The molecule has 0 spiro atoms. The van der Waals surface area contributed by atoms with Crippen molar-refractivity contribution in [1.82, 2.24) is 0 Å². The van der Waals surface area contributed by atoms with Crippen LogP contribution in [-0.4, -0.2) is 32.0 Å². The zero-order valence-electron chi connectivity index (χ0n) is 12.1. The fourth-order valence-electron chi connectivity index (χ4n) is 1.65. The van der Waals surface area contributed by atoms with E-state index >= 15 is 0 Å². The van der Waals surface area contributed by atoms with Crippen molar-refractivity contribution < 1.29 is 18.8 Å². The van der Waals surface area contributed by atoms with Gasteiger partial charge in [0, 0.05) is 6.61 Å². The smallest absolute Gasteiger partial charge is 0.380 e. The standard InChI is InChI=1S/C15H22O4P/c1-3-9-18-11-12-20(17)14-8-6-5-7-13(14)15(16)19-10-4-2/h5-8H,3-4,9-12H2,1-2H3/q+1. The van der Waals surface area contributed by atoms with Crippen molar-refractivity contribution in [1.29, 1.82) is 0 Å². The van der Waals surface area contributed by atoms with Crippen molar-refractivity contribution in [2.24, 2.45) is 0 Å². The molecule has 20 heavy (non-hydrogen) atoms. The fraction of sp³-hybridized carbons (Fsp3) is 0.533. The van der Waals surface area contributed by atoms with Crippen LogP contribution in [0.15, 0.2) is 24.3 Å². The van der Waals surface area contributed by atoms with Gasteiger partial charge in [0.25, 0.3) is 0 Å². The van der Waals surface area contributed by atoms with Gasteiger partial charge in [-0.15, -0.1) is 0 Å². The average molecular weight is 297 g/mol. The summed E-state index contributed by atoms with van der Waals surface area (Å²) >= 11 is 0. The lowest BCUT2D eigenvalue weighted by Crippen LogP contribution is -2.16. The van der Waals surface area contributed by atoms with Crippen molar-refractivity contribution in [2.75, 3.05) is 26.0 Å². The van der Waals surface area contributed by atoms with Gasteiger partial charge in [-0.25, -0.2) is 4.79 Å². The highest BCUT2D eigenvalue weighted by Crippen LogP contribution is 2.22. The summed E-state index contributed by atoms with van der Waals surface area (Å²) in [4.78, 5) is 11.9. The van der Waals surface area contributed by atoms with E-state index in [1.54, 1.807) is 24.3 Å². The Hall–Kier alpha value is -1.25. The van der Waals surface area contributed by atoms with Gasteiger partial charge in [0.1, 0.15) is 5.56 Å². The lowest BCUT2D eigenvalue weighted by atomic mass is 10.2. The van der Waals surface area contributed by atoms with Crippen LogP contribution in [0.25, 0.3) is 0 Å². The maximum absolute atomic E-state index is 12.3. The Labute approximate surface area is 121 Å². The van der Waals surface area contributed by atoms with E-state index in [0.717, 1.165) is 12.8 Å². The second-order valence-electron chi connectivity index (χ2n) is 4.37. The number of ether oxygens (including phenoxy) is 2. The highest BCUT2D eigenvalue weighted by molar-refractivity contribution is 7.53. The summed E-state index contributed by atoms with van der Waals surface area (Å²) < 4.78 is 22.7. The predicted octanol–water partition coefficient (Wildman–Crippen LogP) is 3.13. The van der Waals surface area contributed by atoms with Gasteiger partial charge in [-0.2, -0.15) is 0 Å². The molecule has 1 atom stereocenters. The molecule has 5 heteroatoms. The van der Waals surface area contributed by atoms with Crippen LogP contribution in [0.5, 0.6) is 0 Å². The van der Waals surface area contributed by atoms with Crippen LogP contribution in [0.4, 0.5) is 0 Å². The third-order valence-corrected chi connectivity index (χ3v) is 4.13. The Morgan fingerprint density at radius 1 is 1.10 bits per heavy atom. The molecule has 1 rings (SSSR count). The molecular weight excluding hydrogens is 275 g/mol. The molecule has 0 radical (unpaired) electrons. The van der Waals surface area contributed by atoms with Crippen LogP contribution < -0.4 is 5.30 Å². The van der Waals surface area contributed by atoms with Crippen LogP contribution in [0, 0.1) is 0 Å². The van der Waals surface area contributed by atoms with Gasteiger partial charge in [-0.05, 0) is 25.0 Å². The maximum Gasteiger partial charge on any atom is 0.380 e. The molecule has 0 aliphatic rings. The average Bonchev–Trinajstić information content (AvgIpc) is 2.49. The third kappa shape index (κ3) is 5.40. The first-order valence-electron chi connectivity index (χ1n) is 6.99. The lowest BCUT2D eigenvalue weighted by molar-refractivity contribution is 0.0506. The normalized spacial score (nSPS) is 11.2. The first-order chi connectivity index (χ1) is 9.70. The van der Waals surface area contributed by atoms with Gasteiger partial charge < -0.3 is 9.47 Å². The van der Waals surface area contributed by atoms with E-state index in [1.807, 2.05) is 13.8 Å². The molecule has 0 saturated heterocycles. The summed E-state index contributed by atoms with van der Waals surface area (Å²) in [5.41, 5.74) is 0.401.